The van der Waals surface area contributed by atoms with E-state index in [1.54, 1.807) is 13.3 Å². The third-order valence-corrected chi connectivity index (χ3v) is 4.10. The van der Waals surface area contributed by atoms with Gasteiger partial charge >= 0.3 is 0 Å². The molecule has 0 spiro atoms. The fourth-order valence-corrected chi connectivity index (χ4v) is 2.59. The molecule has 0 saturated carbocycles. The molecule has 3 aromatic carbocycles. The van der Waals surface area contributed by atoms with Gasteiger partial charge in [-0.05, 0) is 30.3 Å². The average Bonchev–Trinajstić information content (AvgIpc) is 2.68. The zero-order valence-corrected chi connectivity index (χ0v) is 15.1. The smallest absolute Gasteiger partial charge is 0.170 e. The Morgan fingerprint density at radius 2 is 1.73 bits per heavy atom. The number of methoxy groups -OCH3 is 1. The molecule has 5 heteroatoms. The Balaban J connectivity index is 1.78. The van der Waals surface area contributed by atoms with Crippen molar-refractivity contribution in [1.82, 2.24) is 0 Å². The van der Waals surface area contributed by atoms with Crippen LogP contribution in [0.4, 0.5) is 5.69 Å². The van der Waals surface area contributed by atoms with Crippen LogP contribution in [0.2, 0.25) is 5.02 Å². The van der Waals surface area contributed by atoms with E-state index in [1.807, 2.05) is 72.8 Å². The molecule has 0 aliphatic carbocycles. The predicted molar refractivity (Wildman–Crippen MR) is 106 cm³/mol. The molecule has 0 fully saturated rings. The SMILES string of the molecule is COc1cccc(C=NNc2ccccc2)c1OCc1ccccc1Cl. The fraction of sp³-hybridized carbons (Fsp3) is 0.0952. The molecule has 0 aromatic heterocycles. The minimum absolute atomic E-state index is 0.340. The Kier molecular flexibility index (Phi) is 6.12. The summed E-state index contributed by atoms with van der Waals surface area (Å²) < 4.78 is 11.4. The van der Waals surface area contributed by atoms with Gasteiger partial charge in [0, 0.05) is 16.1 Å². The van der Waals surface area contributed by atoms with Crippen molar-refractivity contribution in [3.8, 4) is 11.5 Å². The van der Waals surface area contributed by atoms with E-state index in [4.69, 9.17) is 21.1 Å². The molecule has 1 N–H and O–H groups in total. The van der Waals surface area contributed by atoms with E-state index >= 15 is 0 Å². The molecule has 0 unspecified atom stereocenters. The number of anilines is 1. The van der Waals surface area contributed by atoms with Crippen molar-refractivity contribution in [2.24, 2.45) is 5.10 Å². The van der Waals surface area contributed by atoms with Crippen LogP contribution in [0.1, 0.15) is 11.1 Å². The van der Waals surface area contributed by atoms with Gasteiger partial charge in [0.1, 0.15) is 6.61 Å². The van der Waals surface area contributed by atoms with Crippen LogP contribution < -0.4 is 14.9 Å². The molecule has 26 heavy (non-hydrogen) atoms. The van der Waals surface area contributed by atoms with Crippen molar-refractivity contribution in [2.75, 3.05) is 12.5 Å². The highest BCUT2D eigenvalue weighted by Gasteiger charge is 2.10. The number of rotatable bonds is 7. The summed E-state index contributed by atoms with van der Waals surface area (Å²) in [5.41, 5.74) is 5.61. The largest absolute Gasteiger partial charge is 0.493 e. The first-order valence-corrected chi connectivity index (χ1v) is 8.53. The van der Waals surface area contributed by atoms with Crippen LogP contribution in [0, 0.1) is 0 Å². The standard InChI is InChI=1S/C21H19ClN2O2/c1-25-20-13-7-9-16(14-23-24-18-10-3-2-4-11-18)21(20)26-15-17-8-5-6-12-19(17)22/h2-14,24H,15H2,1H3. The molecule has 3 aromatic rings. The Morgan fingerprint density at radius 3 is 2.50 bits per heavy atom. The van der Waals surface area contributed by atoms with Crippen LogP contribution in [0.15, 0.2) is 77.9 Å². The van der Waals surface area contributed by atoms with Crippen molar-refractivity contribution < 1.29 is 9.47 Å². The topological polar surface area (TPSA) is 42.8 Å². The second-order valence-corrected chi connectivity index (χ2v) is 5.90. The molecule has 4 nitrogen and oxygen atoms in total. The van der Waals surface area contributed by atoms with Crippen LogP contribution in [0.5, 0.6) is 11.5 Å². The van der Waals surface area contributed by atoms with E-state index < -0.39 is 0 Å². The number of hydrazone groups is 1. The number of benzene rings is 3. The van der Waals surface area contributed by atoms with Gasteiger partial charge in [0.25, 0.3) is 0 Å². The van der Waals surface area contributed by atoms with Gasteiger partial charge in [-0.2, -0.15) is 5.10 Å². The van der Waals surface area contributed by atoms with E-state index in [2.05, 4.69) is 10.5 Å². The maximum Gasteiger partial charge on any atom is 0.170 e. The number of ether oxygens (including phenoxy) is 2. The lowest BCUT2D eigenvalue weighted by atomic mass is 10.2. The molecule has 0 heterocycles. The molecule has 0 aliphatic heterocycles. The molecule has 132 valence electrons. The van der Waals surface area contributed by atoms with Crippen LogP contribution in [0.3, 0.4) is 0 Å². The third kappa shape index (κ3) is 4.55. The van der Waals surface area contributed by atoms with E-state index in [1.165, 1.54) is 0 Å². The monoisotopic (exact) mass is 366 g/mol. The molecule has 0 atom stereocenters. The highest BCUT2D eigenvalue weighted by molar-refractivity contribution is 6.31. The van der Waals surface area contributed by atoms with Gasteiger partial charge < -0.3 is 9.47 Å². The van der Waals surface area contributed by atoms with Gasteiger partial charge in [0.05, 0.1) is 19.0 Å². The van der Waals surface area contributed by atoms with Gasteiger partial charge in [-0.25, -0.2) is 0 Å². The van der Waals surface area contributed by atoms with E-state index in [9.17, 15) is 0 Å². The maximum absolute atomic E-state index is 6.21. The summed E-state index contributed by atoms with van der Waals surface area (Å²) >= 11 is 6.21. The summed E-state index contributed by atoms with van der Waals surface area (Å²) in [5, 5.41) is 4.95. The lowest BCUT2D eigenvalue weighted by molar-refractivity contribution is 0.284. The first kappa shape index (κ1) is 17.8. The predicted octanol–water partition coefficient (Wildman–Crippen LogP) is 5.37. The first-order valence-electron chi connectivity index (χ1n) is 8.15. The zero-order valence-electron chi connectivity index (χ0n) is 14.4. The van der Waals surface area contributed by atoms with Crippen molar-refractivity contribution in [3.05, 3.63) is 88.9 Å². The highest BCUT2D eigenvalue weighted by Crippen LogP contribution is 2.31. The molecule has 0 saturated heterocycles. The number of nitrogens with one attached hydrogen (secondary N) is 1. The highest BCUT2D eigenvalue weighted by atomic mass is 35.5. The van der Waals surface area contributed by atoms with Gasteiger partial charge in [-0.3, -0.25) is 5.43 Å². The van der Waals surface area contributed by atoms with Crippen molar-refractivity contribution in [1.29, 1.82) is 0 Å². The van der Waals surface area contributed by atoms with Crippen molar-refractivity contribution >= 4 is 23.5 Å². The summed E-state index contributed by atoms with van der Waals surface area (Å²) in [4.78, 5) is 0. The molecule has 0 amide bonds. The Hall–Kier alpha value is -2.98. The Morgan fingerprint density at radius 1 is 0.962 bits per heavy atom. The number of para-hydroxylation sites is 2. The van der Waals surface area contributed by atoms with Gasteiger partial charge in [-0.15, -0.1) is 0 Å². The fourth-order valence-electron chi connectivity index (χ4n) is 2.40. The normalized spacial score (nSPS) is 10.7. The summed E-state index contributed by atoms with van der Waals surface area (Å²) in [6.45, 7) is 0.340. The second kappa shape index (κ2) is 8.92. The number of hydrogen-bond donors (Lipinski definition) is 1. The minimum atomic E-state index is 0.340. The van der Waals surface area contributed by atoms with E-state index in [0.717, 1.165) is 16.8 Å². The molecule has 0 aliphatic rings. The zero-order chi connectivity index (χ0) is 18.2. The average molecular weight is 367 g/mol. The summed E-state index contributed by atoms with van der Waals surface area (Å²) in [6, 6.07) is 23.0. The molecule has 3 rings (SSSR count). The number of hydrogen-bond acceptors (Lipinski definition) is 4. The number of halogens is 1. The van der Waals surface area contributed by atoms with E-state index in [0.29, 0.717) is 23.1 Å². The summed E-state index contributed by atoms with van der Waals surface area (Å²) in [7, 11) is 1.61. The Bertz CT molecular complexity index is 882. The summed E-state index contributed by atoms with van der Waals surface area (Å²) in [6.07, 6.45) is 1.71. The summed E-state index contributed by atoms with van der Waals surface area (Å²) in [5.74, 6) is 1.26. The minimum Gasteiger partial charge on any atom is -0.493 e. The van der Waals surface area contributed by atoms with Gasteiger partial charge in [0.2, 0.25) is 0 Å². The van der Waals surface area contributed by atoms with Crippen LogP contribution in [-0.2, 0) is 6.61 Å². The Labute approximate surface area is 158 Å². The van der Waals surface area contributed by atoms with Crippen LogP contribution >= 0.6 is 11.6 Å². The molecule has 0 radical (unpaired) electrons. The maximum atomic E-state index is 6.21. The first-order chi connectivity index (χ1) is 12.8. The molecule has 0 bridgehead atoms. The van der Waals surface area contributed by atoms with Crippen molar-refractivity contribution in [2.45, 2.75) is 6.61 Å². The lowest BCUT2D eigenvalue weighted by Crippen LogP contribution is -2.02. The second-order valence-electron chi connectivity index (χ2n) is 5.49. The molecular weight excluding hydrogens is 348 g/mol. The lowest BCUT2D eigenvalue weighted by Gasteiger charge is -2.14. The quantitative estimate of drug-likeness (QED) is 0.451. The van der Waals surface area contributed by atoms with Crippen molar-refractivity contribution in [3.63, 3.8) is 0 Å². The third-order valence-electron chi connectivity index (χ3n) is 3.73. The van der Waals surface area contributed by atoms with Crippen LogP contribution in [0.25, 0.3) is 0 Å². The molecular formula is C21H19ClN2O2. The number of nitrogens with zero attached hydrogens (tertiary/aromatic N) is 1. The van der Waals surface area contributed by atoms with Gasteiger partial charge in [0.15, 0.2) is 11.5 Å². The van der Waals surface area contributed by atoms with Crippen LogP contribution in [-0.4, -0.2) is 13.3 Å². The van der Waals surface area contributed by atoms with Gasteiger partial charge in [-0.1, -0.05) is 54.1 Å². The van der Waals surface area contributed by atoms with E-state index in [-0.39, 0.29) is 0 Å².